The van der Waals surface area contributed by atoms with Crippen LogP contribution in [0.25, 0.3) is 27.3 Å². The standard InChI is InChI=1S/C31H37N3O3S/c1-22(2)34(14-17-37-31(3,4)5)30(35)26(21-32)20-28-10-11-29(38-28)25-7-6-24-19-27(9-8-23(24)18-25)33-12-15-36-16-13-33/h6-11,18-20,22H,12-17H2,1-5H3/b26-20+. The van der Waals surface area contributed by atoms with Gasteiger partial charge >= 0.3 is 0 Å². The zero-order valence-corrected chi connectivity index (χ0v) is 23.8. The number of morpholine rings is 1. The zero-order valence-electron chi connectivity index (χ0n) is 23.0. The predicted octanol–water partition coefficient (Wildman–Crippen LogP) is 6.36. The van der Waals surface area contributed by atoms with Gasteiger partial charge in [0.2, 0.25) is 0 Å². The Morgan fingerprint density at radius 2 is 1.84 bits per heavy atom. The summed E-state index contributed by atoms with van der Waals surface area (Å²) in [5.41, 5.74) is 2.21. The first kappa shape index (κ1) is 27.8. The number of benzene rings is 2. The number of hydrogen-bond acceptors (Lipinski definition) is 6. The first-order chi connectivity index (χ1) is 18.1. The summed E-state index contributed by atoms with van der Waals surface area (Å²) in [5, 5.41) is 12.2. The topological polar surface area (TPSA) is 65.8 Å². The monoisotopic (exact) mass is 531 g/mol. The highest BCUT2D eigenvalue weighted by Crippen LogP contribution is 2.33. The van der Waals surface area contributed by atoms with Crippen molar-refractivity contribution in [3.63, 3.8) is 0 Å². The molecule has 2 heterocycles. The van der Waals surface area contributed by atoms with Crippen LogP contribution in [-0.2, 0) is 14.3 Å². The van der Waals surface area contributed by atoms with Crippen LogP contribution >= 0.6 is 11.3 Å². The molecule has 1 amide bonds. The highest BCUT2D eigenvalue weighted by molar-refractivity contribution is 7.16. The van der Waals surface area contributed by atoms with Gasteiger partial charge in [-0.05, 0) is 87.4 Å². The van der Waals surface area contributed by atoms with Crippen LogP contribution in [0.15, 0.2) is 54.1 Å². The van der Waals surface area contributed by atoms with Crippen molar-refractivity contribution in [1.29, 1.82) is 5.26 Å². The van der Waals surface area contributed by atoms with Crippen LogP contribution in [0, 0.1) is 11.3 Å². The van der Waals surface area contributed by atoms with Gasteiger partial charge in [0.25, 0.3) is 5.91 Å². The molecule has 1 saturated heterocycles. The summed E-state index contributed by atoms with van der Waals surface area (Å²) in [4.78, 5) is 19.2. The molecule has 200 valence electrons. The summed E-state index contributed by atoms with van der Waals surface area (Å²) < 4.78 is 11.3. The minimum absolute atomic E-state index is 0.0388. The van der Waals surface area contributed by atoms with Crippen LogP contribution in [0.3, 0.4) is 0 Å². The lowest BCUT2D eigenvalue weighted by molar-refractivity contribution is -0.130. The van der Waals surface area contributed by atoms with Gasteiger partial charge in [-0.1, -0.05) is 18.2 Å². The number of rotatable bonds is 8. The van der Waals surface area contributed by atoms with E-state index in [1.54, 1.807) is 22.3 Å². The number of ether oxygens (including phenoxy) is 2. The summed E-state index contributed by atoms with van der Waals surface area (Å²) in [6.45, 7) is 14.1. The van der Waals surface area contributed by atoms with Crippen LogP contribution in [-0.4, -0.2) is 61.9 Å². The van der Waals surface area contributed by atoms with E-state index in [1.165, 1.54) is 16.5 Å². The lowest BCUT2D eigenvalue weighted by Crippen LogP contribution is -2.41. The molecule has 3 aromatic rings. The van der Waals surface area contributed by atoms with Gasteiger partial charge < -0.3 is 19.3 Å². The number of amides is 1. The van der Waals surface area contributed by atoms with Crippen molar-refractivity contribution in [3.05, 3.63) is 59.0 Å². The maximum absolute atomic E-state index is 13.2. The third kappa shape index (κ3) is 7.02. The second-order valence-electron chi connectivity index (χ2n) is 10.8. The minimum Gasteiger partial charge on any atom is -0.378 e. The fraction of sp³-hybridized carbons (Fsp3) is 0.419. The molecule has 1 aromatic heterocycles. The van der Waals surface area contributed by atoms with Crippen LogP contribution in [0.2, 0.25) is 0 Å². The number of nitriles is 1. The zero-order chi connectivity index (χ0) is 27.3. The van der Waals surface area contributed by atoms with Gasteiger partial charge in [-0.15, -0.1) is 11.3 Å². The van der Waals surface area contributed by atoms with Crippen molar-refractivity contribution in [3.8, 4) is 16.5 Å². The number of hydrogen-bond donors (Lipinski definition) is 0. The molecule has 6 nitrogen and oxygen atoms in total. The molecule has 0 atom stereocenters. The lowest BCUT2D eigenvalue weighted by atomic mass is 10.0. The molecular formula is C31H37N3O3S. The van der Waals surface area contributed by atoms with Crippen LogP contribution in [0.5, 0.6) is 0 Å². The molecule has 0 saturated carbocycles. The number of nitrogens with zero attached hydrogens (tertiary/aromatic N) is 3. The Morgan fingerprint density at radius 1 is 1.13 bits per heavy atom. The number of thiophene rings is 1. The molecule has 0 aliphatic carbocycles. The fourth-order valence-corrected chi connectivity index (χ4v) is 5.42. The molecule has 1 aliphatic rings. The van der Waals surface area contributed by atoms with Crippen molar-refractivity contribution < 1.29 is 14.3 Å². The van der Waals surface area contributed by atoms with Gasteiger partial charge in [0, 0.05) is 41.1 Å². The quantitative estimate of drug-likeness (QED) is 0.250. The second kappa shape index (κ2) is 12.1. The summed E-state index contributed by atoms with van der Waals surface area (Å²) in [6, 6.07) is 19.2. The fourth-order valence-electron chi connectivity index (χ4n) is 4.47. The molecule has 0 unspecified atom stereocenters. The van der Waals surface area contributed by atoms with E-state index < -0.39 is 0 Å². The van der Waals surface area contributed by atoms with E-state index in [0.29, 0.717) is 13.2 Å². The molecular weight excluding hydrogens is 494 g/mol. The van der Waals surface area contributed by atoms with E-state index in [4.69, 9.17) is 9.47 Å². The van der Waals surface area contributed by atoms with Gasteiger partial charge in [-0.25, -0.2) is 0 Å². The molecule has 7 heteroatoms. The Labute approximate surface area is 230 Å². The molecule has 0 bridgehead atoms. The SMILES string of the molecule is CC(C)N(CCOC(C)(C)C)C(=O)/C(C#N)=C/c1ccc(-c2ccc3cc(N4CCOCC4)ccc3c2)s1. The third-order valence-electron chi connectivity index (χ3n) is 6.50. The molecule has 0 N–H and O–H groups in total. The van der Waals surface area contributed by atoms with Crippen LogP contribution in [0.1, 0.15) is 39.5 Å². The van der Waals surface area contributed by atoms with Gasteiger partial charge in [0.1, 0.15) is 11.6 Å². The average Bonchev–Trinajstić information content (AvgIpc) is 3.37. The summed E-state index contributed by atoms with van der Waals surface area (Å²) >= 11 is 1.58. The first-order valence-electron chi connectivity index (χ1n) is 13.2. The van der Waals surface area contributed by atoms with Crippen molar-refractivity contribution in [2.75, 3.05) is 44.4 Å². The van der Waals surface area contributed by atoms with Gasteiger partial charge in [0.05, 0.1) is 25.4 Å². The molecule has 1 aliphatic heterocycles. The van der Waals surface area contributed by atoms with E-state index in [2.05, 4.69) is 53.4 Å². The van der Waals surface area contributed by atoms with Crippen LogP contribution < -0.4 is 4.90 Å². The minimum atomic E-state index is -0.277. The van der Waals surface area contributed by atoms with Gasteiger partial charge in [-0.2, -0.15) is 5.26 Å². The van der Waals surface area contributed by atoms with E-state index in [-0.39, 0.29) is 23.1 Å². The number of fused-ring (bicyclic) bond motifs is 1. The van der Waals surface area contributed by atoms with E-state index >= 15 is 0 Å². The molecule has 4 rings (SSSR count). The highest BCUT2D eigenvalue weighted by Gasteiger charge is 2.22. The molecule has 38 heavy (non-hydrogen) atoms. The number of anilines is 1. The molecule has 0 radical (unpaired) electrons. The summed E-state index contributed by atoms with van der Waals surface area (Å²) in [5.74, 6) is -0.267. The Morgan fingerprint density at radius 3 is 2.53 bits per heavy atom. The summed E-state index contributed by atoms with van der Waals surface area (Å²) in [7, 11) is 0. The van der Waals surface area contributed by atoms with E-state index in [0.717, 1.165) is 41.6 Å². The van der Waals surface area contributed by atoms with Crippen molar-refractivity contribution in [2.24, 2.45) is 0 Å². The van der Waals surface area contributed by atoms with E-state index in [1.807, 2.05) is 40.7 Å². The Bertz CT molecular complexity index is 1340. The smallest absolute Gasteiger partial charge is 0.264 e. The van der Waals surface area contributed by atoms with Gasteiger partial charge in [0.15, 0.2) is 0 Å². The predicted molar refractivity (Wildman–Crippen MR) is 156 cm³/mol. The first-order valence-corrected chi connectivity index (χ1v) is 14.0. The van der Waals surface area contributed by atoms with Crippen molar-refractivity contribution in [2.45, 2.75) is 46.3 Å². The average molecular weight is 532 g/mol. The van der Waals surface area contributed by atoms with Crippen molar-refractivity contribution in [1.82, 2.24) is 4.90 Å². The lowest BCUT2D eigenvalue weighted by Gasteiger charge is -2.29. The normalized spacial score (nSPS) is 14.7. The molecule has 2 aromatic carbocycles. The summed E-state index contributed by atoms with van der Waals surface area (Å²) in [6.07, 6.45) is 1.70. The number of carbonyl (C=O) groups is 1. The molecule has 0 spiro atoms. The maximum Gasteiger partial charge on any atom is 0.264 e. The Hall–Kier alpha value is -3.18. The Kier molecular flexibility index (Phi) is 8.88. The third-order valence-corrected chi connectivity index (χ3v) is 7.58. The second-order valence-corrected chi connectivity index (χ2v) is 11.9. The van der Waals surface area contributed by atoms with Crippen molar-refractivity contribution >= 4 is 39.8 Å². The highest BCUT2D eigenvalue weighted by atomic mass is 32.1. The van der Waals surface area contributed by atoms with Gasteiger partial charge in [-0.3, -0.25) is 4.79 Å². The van der Waals surface area contributed by atoms with E-state index in [9.17, 15) is 10.1 Å². The van der Waals surface area contributed by atoms with Crippen LogP contribution in [0.4, 0.5) is 5.69 Å². The largest absolute Gasteiger partial charge is 0.378 e. The maximum atomic E-state index is 13.2. The number of carbonyl (C=O) groups excluding carboxylic acids is 1. The molecule has 1 fully saturated rings. The Balaban J connectivity index is 1.50.